The van der Waals surface area contributed by atoms with Gasteiger partial charge in [0.15, 0.2) is 12.2 Å². The van der Waals surface area contributed by atoms with Crippen molar-refractivity contribution in [1.29, 1.82) is 0 Å². The second-order valence-electron chi connectivity index (χ2n) is 26.7. The van der Waals surface area contributed by atoms with Gasteiger partial charge in [-0.3, -0.25) is 37.3 Å². The summed E-state index contributed by atoms with van der Waals surface area (Å²) in [7, 11) is -9.89. The summed E-state index contributed by atoms with van der Waals surface area (Å²) in [4.78, 5) is 72.5. The molecule has 0 aromatic rings. The van der Waals surface area contributed by atoms with Crippen LogP contribution in [0.3, 0.4) is 0 Å². The number of ether oxygens (including phenoxy) is 4. The highest BCUT2D eigenvalue weighted by Crippen LogP contribution is 2.45. The Labute approximate surface area is 568 Å². The fourth-order valence-corrected chi connectivity index (χ4v) is 13.0. The van der Waals surface area contributed by atoms with E-state index in [1.165, 1.54) is 212 Å². The first-order valence-corrected chi connectivity index (χ1v) is 41.8. The van der Waals surface area contributed by atoms with E-state index >= 15 is 0 Å². The van der Waals surface area contributed by atoms with Crippen LogP contribution in [0.4, 0.5) is 0 Å². The SMILES string of the molecule is CCCCCCCCCCCCCCCCCCCCCCCC(=O)O[C@H](COC(=O)CCCCCCCCCCCCCCCCCC)COP(=O)(O)OC[C@@H](O)COP(=O)(O)OC[C@@H](COC(=O)CCCCCCCCCC)OC(=O)CCCCCCCCCC. The van der Waals surface area contributed by atoms with E-state index in [1.807, 2.05) is 0 Å². The van der Waals surface area contributed by atoms with Gasteiger partial charge in [0.05, 0.1) is 26.4 Å². The maximum absolute atomic E-state index is 13.1. The van der Waals surface area contributed by atoms with Crippen LogP contribution in [0, 0.1) is 0 Å². The van der Waals surface area contributed by atoms with Gasteiger partial charge in [-0.05, 0) is 25.7 Å². The highest BCUT2D eigenvalue weighted by molar-refractivity contribution is 7.47. The topological polar surface area (TPSA) is 237 Å². The number of rotatable bonds is 75. The molecule has 5 atom stereocenters. The van der Waals surface area contributed by atoms with Gasteiger partial charge in [-0.1, -0.05) is 342 Å². The Bertz CT molecular complexity index is 1770. The average Bonchev–Trinajstić information content (AvgIpc) is 3.41. The second-order valence-corrected chi connectivity index (χ2v) is 29.6. The van der Waals surface area contributed by atoms with Gasteiger partial charge in [0, 0.05) is 25.7 Å². The first-order valence-electron chi connectivity index (χ1n) is 38.8. The number of phosphoric ester groups is 2. The van der Waals surface area contributed by atoms with Crippen LogP contribution in [0.25, 0.3) is 0 Å². The minimum Gasteiger partial charge on any atom is -0.462 e. The van der Waals surface area contributed by atoms with Crippen LogP contribution >= 0.6 is 15.6 Å². The number of hydrogen-bond acceptors (Lipinski definition) is 15. The van der Waals surface area contributed by atoms with E-state index in [1.54, 1.807) is 0 Å². The largest absolute Gasteiger partial charge is 0.472 e. The summed E-state index contributed by atoms with van der Waals surface area (Å²) in [5, 5.41) is 10.6. The molecule has 0 aliphatic rings. The molecule has 0 aliphatic heterocycles. The summed E-state index contributed by atoms with van der Waals surface area (Å²) in [6, 6.07) is 0. The first-order chi connectivity index (χ1) is 45.2. The standard InChI is InChI=1S/C74H144O17P2/c1-5-9-13-17-21-25-27-29-31-33-34-35-36-37-39-41-43-45-49-53-57-61-74(79)91-70(65-85-72(77)59-55-51-48-44-42-40-38-32-30-28-26-22-18-14-10-6-2)67-89-93(82,83)87-63-68(75)62-86-92(80,81)88-66-69(90-73(78)60-56-52-47-24-20-16-12-8-4)64-84-71(76)58-54-50-46-23-19-15-11-7-3/h68-70,75H,5-67H2,1-4H3,(H,80,81)(H,82,83)/t68-,69+,70+/m0/s1. The monoisotopic (exact) mass is 1370 g/mol. The fourth-order valence-electron chi connectivity index (χ4n) is 11.4. The molecule has 552 valence electrons. The molecule has 0 saturated heterocycles. The zero-order chi connectivity index (χ0) is 68.2. The van der Waals surface area contributed by atoms with E-state index in [2.05, 4.69) is 27.7 Å². The molecule has 3 N–H and O–H groups in total. The van der Waals surface area contributed by atoms with Gasteiger partial charge >= 0.3 is 39.5 Å². The average molecular weight is 1370 g/mol. The number of carbonyl (C=O) groups is 4. The molecule has 0 aromatic heterocycles. The molecule has 0 heterocycles. The lowest BCUT2D eigenvalue weighted by Gasteiger charge is -2.21. The quantitative estimate of drug-likeness (QED) is 0.0222. The predicted molar refractivity (Wildman–Crippen MR) is 377 cm³/mol. The molecule has 93 heavy (non-hydrogen) atoms. The van der Waals surface area contributed by atoms with Crippen molar-refractivity contribution < 1.29 is 80.2 Å². The molecule has 0 aromatic carbocycles. The Kier molecular flexibility index (Phi) is 67.1. The maximum Gasteiger partial charge on any atom is 0.472 e. The van der Waals surface area contributed by atoms with Crippen molar-refractivity contribution in [2.75, 3.05) is 39.6 Å². The van der Waals surface area contributed by atoms with E-state index < -0.39 is 97.5 Å². The van der Waals surface area contributed by atoms with Crippen molar-refractivity contribution in [2.24, 2.45) is 0 Å². The normalized spacial score (nSPS) is 13.9. The van der Waals surface area contributed by atoms with E-state index in [0.717, 1.165) is 103 Å². The molecular weight excluding hydrogens is 1220 g/mol. The van der Waals surface area contributed by atoms with Crippen molar-refractivity contribution in [3.8, 4) is 0 Å². The Morgan fingerprint density at radius 1 is 0.258 bits per heavy atom. The summed E-state index contributed by atoms with van der Waals surface area (Å²) in [6.07, 6.45) is 58.6. The van der Waals surface area contributed by atoms with Gasteiger partial charge in [-0.25, -0.2) is 9.13 Å². The number of phosphoric acid groups is 2. The van der Waals surface area contributed by atoms with Crippen molar-refractivity contribution >= 4 is 39.5 Å². The third kappa shape index (κ3) is 68.4. The maximum atomic E-state index is 13.1. The first kappa shape index (κ1) is 91.1. The molecule has 19 heteroatoms. The third-order valence-corrected chi connectivity index (χ3v) is 19.3. The van der Waals surface area contributed by atoms with Crippen LogP contribution in [0.1, 0.15) is 394 Å². The molecule has 0 spiro atoms. The predicted octanol–water partition coefficient (Wildman–Crippen LogP) is 21.8. The molecule has 0 radical (unpaired) electrons. The molecule has 0 saturated carbocycles. The van der Waals surface area contributed by atoms with Crippen LogP contribution in [0.2, 0.25) is 0 Å². The number of carbonyl (C=O) groups excluding carboxylic acids is 4. The van der Waals surface area contributed by atoms with Gasteiger partial charge in [0.25, 0.3) is 0 Å². The minimum atomic E-state index is -4.95. The van der Waals surface area contributed by atoms with Crippen molar-refractivity contribution in [3.63, 3.8) is 0 Å². The summed E-state index contributed by atoms with van der Waals surface area (Å²) in [5.74, 6) is -2.12. The number of esters is 4. The van der Waals surface area contributed by atoms with Crippen LogP contribution in [-0.4, -0.2) is 96.7 Å². The number of hydrogen-bond donors (Lipinski definition) is 3. The van der Waals surface area contributed by atoms with Gasteiger partial charge in [0.2, 0.25) is 0 Å². The highest BCUT2D eigenvalue weighted by Gasteiger charge is 2.30. The Hall–Kier alpha value is -1.94. The summed E-state index contributed by atoms with van der Waals surface area (Å²) in [6.45, 7) is 4.91. The van der Waals surface area contributed by atoms with E-state index in [4.69, 9.17) is 37.0 Å². The zero-order valence-corrected chi connectivity index (χ0v) is 62.0. The van der Waals surface area contributed by atoms with Crippen LogP contribution in [0.5, 0.6) is 0 Å². The van der Waals surface area contributed by atoms with Crippen molar-refractivity contribution in [2.45, 2.75) is 412 Å². The highest BCUT2D eigenvalue weighted by atomic mass is 31.2. The Balaban J connectivity index is 5.14. The molecule has 0 aliphatic carbocycles. The van der Waals surface area contributed by atoms with Crippen LogP contribution < -0.4 is 0 Å². The molecule has 0 bridgehead atoms. The lowest BCUT2D eigenvalue weighted by molar-refractivity contribution is -0.161. The molecular formula is C74H144O17P2. The van der Waals surface area contributed by atoms with Crippen LogP contribution in [-0.2, 0) is 65.4 Å². The van der Waals surface area contributed by atoms with Gasteiger partial charge in [-0.2, -0.15) is 0 Å². The van der Waals surface area contributed by atoms with Crippen molar-refractivity contribution in [3.05, 3.63) is 0 Å². The van der Waals surface area contributed by atoms with Crippen LogP contribution in [0.15, 0.2) is 0 Å². The van der Waals surface area contributed by atoms with Gasteiger partial charge in [-0.15, -0.1) is 0 Å². The van der Waals surface area contributed by atoms with E-state index in [9.17, 15) is 43.2 Å². The summed E-state index contributed by atoms with van der Waals surface area (Å²) >= 11 is 0. The molecule has 0 fully saturated rings. The summed E-state index contributed by atoms with van der Waals surface area (Å²) < 4.78 is 68.3. The van der Waals surface area contributed by atoms with Gasteiger partial charge < -0.3 is 33.8 Å². The molecule has 0 amide bonds. The van der Waals surface area contributed by atoms with E-state index in [-0.39, 0.29) is 25.7 Å². The Morgan fingerprint density at radius 2 is 0.430 bits per heavy atom. The molecule has 17 nitrogen and oxygen atoms in total. The zero-order valence-electron chi connectivity index (χ0n) is 60.2. The smallest absolute Gasteiger partial charge is 0.462 e. The third-order valence-electron chi connectivity index (χ3n) is 17.4. The second kappa shape index (κ2) is 68.6. The lowest BCUT2D eigenvalue weighted by atomic mass is 10.0. The Morgan fingerprint density at radius 3 is 0.634 bits per heavy atom. The number of aliphatic hydroxyl groups is 1. The van der Waals surface area contributed by atoms with Crippen molar-refractivity contribution in [1.82, 2.24) is 0 Å². The molecule has 2 unspecified atom stereocenters. The number of aliphatic hydroxyl groups excluding tert-OH is 1. The molecule has 0 rings (SSSR count). The minimum absolute atomic E-state index is 0.105. The summed E-state index contributed by atoms with van der Waals surface area (Å²) in [5.41, 5.74) is 0. The van der Waals surface area contributed by atoms with E-state index in [0.29, 0.717) is 25.7 Å². The van der Waals surface area contributed by atoms with Gasteiger partial charge in [0.1, 0.15) is 19.3 Å². The lowest BCUT2D eigenvalue weighted by Crippen LogP contribution is -2.30. The number of unbranched alkanes of at least 4 members (excludes halogenated alkanes) is 49. The fraction of sp³-hybridized carbons (Fsp3) is 0.946.